The summed E-state index contributed by atoms with van der Waals surface area (Å²) in [7, 11) is 3.78. The number of aliphatic hydroxyl groups is 1. The second-order valence-electron chi connectivity index (χ2n) is 5.85. The summed E-state index contributed by atoms with van der Waals surface area (Å²) in [4.78, 5) is 17.5. The third-order valence-corrected chi connectivity index (χ3v) is 4.84. The molecule has 1 aliphatic rings. The van der Waals surface area contributed by atoms with E-state index in [1.807, 2.05) is 25.4 Å². The summed E-state index contributed by atoms with van der Waals surface area (Å²) in [5, 5.41) is 10.6. The molecule has 1 aromatic carbocycles. The van der Waals surface area contributed by atoms with Crippen LogP contribution in [-0.2, 0) is 11.3 Å². The molecule has 1 aliphatic heterocycles. The van der Waals surface area contributed by atoms with Crippen molar-refractivity contribution in [3.63, 3.8) is 0 Å². The van der Waals surface area contributed by atoms with Crippen molar-refractivity contribution in [2.45, 2.75) is 29.9 Å². The van der Waals surface area contributed by atoms with Gasteiger partial charge in [-0.05, 0) is 43.8 Å². The monoisotopic (exact) mass is 308 g/mol. The number of hydrogen-bond acceptors (Lipinski definition) is 4. The van der Waals surface area contributed by atoms with Gasteiger partial charge in [0.1, 0.15) is 5.60 Å². The van der Waals surface area contributed by atoms with Crippen LogP contribution in [0.5, 0.6) is 0 Å². The van der Waals surface area contributed by atoms with Gasteiger partial charge in [0.15, 0.2) is 0 Å². The summed E-state index contributed by atoms with van der Waals surface area (Å²) in [5.41, 5.74) is -0.104. The van der Waals surface area contributed by atoms with Crippen molar-refractivity contribution in [2.24, 2.45) is 0 Å². The highest BCUT2D eigenvalue weighted by atomic mass is 32.2. The number of likely N-dealkylation sites (tertiary alicyclic amines) is 1. The maximum atomic E-state index is 12.5. The summed E-state index contributed by atoms with van der Waals surface area (Å²) in [6.07, 6.45) is 3.06. The Kier molecular flexibility index (Phi) is 5.30. The Morgan fingerprint density at radius 2 is 2.10 bits per heavy atom. The van der Waals surface area contributed by atoms with E-state index >= 15 is 0 Å². The summed E-state index contributed by atoms with van der Waals surface area (Å²) in [6.45, 7) is 2.06. The molecule has 0 aromatic heterocycles. The van der Waals surface area contributed by atoms with E-state index in [0.29, 0.717) is 19.4 Å². The molecular formula is C16H24N2O2S. The number of rotatable bonds is 4. The van der Waals surface area contributed by atoms with Crippen molar-refractivity contribution < 1.29 is 9.90 Å². The minimum absolute atomic E-state index is 0.162. The zero-order chi connectivity index (χ0) is 15.5. The van der Waals surface area contributed by atoms with Gasteiger partial charge in [0.25, 0.3) is 5.91 Å². The predicted octanol–water partition coefficient (Wildman–Crippen LogP) is 1.82. The van der Waals surface area contributed by atoms with Crippen molar-refractivity contribution in [3.05, 3.63) is 29.8 Å². The van der Waals surface area contributed by atoms with Gasteiger partial charge in [0, 0.05) is 31.6 Å². The molecule has 0 atom stereocenters. The van der Waals surface area contributed by atoms with E-state index in [1.54, 1.807) is 23.7 Å². The Labute approximate surface area is 131 Å². The van der Waals surface area contributed by atoms with Crippen molar-refractivity contribution in [3.8, 4) is 0 Å². The zero-order valence-electron chi connectivity index (χ0n) is 13.0. The van der Waals surface area contributed by atoms with Crippen LogP contribution in [0.4, 0.5) is 0 Å². The molecule has 0 bridgehead atoms. The molecule has 0 unspecified atom stereocenters. The number of benzene rings is 1. The molecule has 5 heteroatoms. The zero-order valence-corrected chi connectivity index (χ0v) is 13.8. The number of carbonyl (C=O) groups is 1. The number of hydrogen-bond donors (Lipinski definition) is 1. The van der Waals surface area contributed by atoms with Gasteiger partial charge in [-0.25, -0.2) is 0 Å². The average molecular weight is 308 g/mol. The number of piperidine rings is 1. The molecule has 1 aromatic rings. The first-order valence-electron chi connectivity index (χ1n) is 7.24. The summed E-state index contributed by atoms with van der Waals surface area (Å²) in [6, 6.07) is 8.17. The van der Waals surface area contributed by atoms with Gasteiger partial charge in [0.2, 0.25) is 0 Å². The van der Waals surface area contributed by atoms with E-state index in [1.165, 1.54) is 4.90 Å². The second kappa shape index (κ2) is 6.81. The van der Waals surface area contributed by atoms with Crippen molar-refractivity contribution in [2.75, 3.05) is 33.4 Å². The van der Waals surface area contributed by atoms with Crippen LogP contribution in [0.2, 0.25) is 0 Å². The van der Waals surface area contributed by atoms with Gasteiger partial charge in [-0.3, -0.25) is 4.79 Å². The van der Waals surface area contributed by atoms with E-state index in [-0.39, 0.29) is 5.91 Å². The SMILES string of the molecule is CSc1cccc(CN(C)C(=O)C2(O)CCN(C)CC2)c1. The minimum atomic E-state index is -1.20. The third-order valence-electron chi connectivity index (χ3n) is 4.11. The molecule has 116 valence electrons. The predicted molar refractivity (Wildman–Crippen MR) is 86.4 cm³/mol. The Balaban J connectivity index is 2.02. The highest BCUT2D eigenvalue weighted by molar-refractivity contribution is 7.98. The van der Waals surface area contributed by atoms with E-state index in [9.17, 15) is 9.90 Å². The number of likely N-dealkylation sites (N-methyl/N-ethyl adjacent to an activating group) is 1. The van der Waals surface area contributed by atoms with Crippen LogP contribution in [0.15, 0.2) is 29.2 Å². The molecule has 0 spiro atoms. The molecule has 0 radical (unpaired) electrons. The molecule has 21 heavy (non-hydrogen) atoms. The molecule has 0 aliphatic carbocycles. The van der Waals surface area contributed by atoms with E-state index in [0.717, 1.165) is 18.7 Å². The van der Waals surface area contributed by atoms with Crippen LogP contribution >= 0.6 is 11.8 Å². The topological polar surface area (TPSA) is 43.8 Å². The van der Waals surface area contributed by atoms with Gasteiger partial charge in [-0.1, -0.05) is 12.1 Å². The molecule has 1 saturated heterocycles. The Hall–Kier alpha value is -1.04. The Bertz CT molecular complexity index is 499. The lowest BCUT2D eigenvalue weighted by atomic mass is 9.90. The lowest BCUT2D eigenvalue weighted by molar-refractivity contribution is -0.155. The van der Waals surface area contributed by atoms with Crippen LogP contribution in [0.25, 0.3) is 0 Å². The number of nitrogens with zero attached hydrogens (tertiary/aromatic N) is 2. The van der Waals surface area contributed by atoms with Crippen molar-refractivity contribution >= 4 is 17.7 Å². The fraction of sp³-hybridized carbons (Fsp3) is 0.562. The van der Waals surface area contributed by atoms with Gasteiger partial charge < -0.3 is 14.9 Å². The fourth-order valence-corrected chi connectivity index (χ4v) is 3.16. The lowest BCUT2D eigenvalue weighted by Gasteiger charge is -2.37. The van der Waals surface area contributed by atoms with Gasteiger partial charge in [0.05, 0.1) is 0 Å². The fourth-order valence-electron chi connectivity index (χ4n) is 2.67. The van der Waals surface area contributed by atoms with Crippen LogP contribution < -0.4 is 0 Å². The van der Waals surface area contributed by atoms with Gasteiger partial charge in [-0.15, -0.1) is 11.8 Å². The molecule has 1 amide bonds. The lowest BCUT2D eigenvalue weighted by Crippen LogP contribution is -2.53. The van der Waals surface area contributed by atoms with Gasteiger partial charge in [-0.2, -0.15) is 0 Å². The van der Waals surface area contributed by atoms with Crippen LogP contribution in [0.3, 0.4) is 0 Å². The molecule has 4 nitrogen and oxygen atoms in total. The summed E-state index contributed by atoms with van der Waals surface area (Å²) in [5.74, 6) is -0.162. The molecule has 1 N–H and O–H groups in total. The first kappa shape index (κ1) is 16.3. The number of amides is 1. The summed E-state index contributed by atoms with van der Waals surface area (Å²) < 4.78 is 0. The number of thioether (sulfide) groups is 1. The standard InChI is InChI=1S/C16H24N2O2S/c1-17-9-7-16(20,8-10-17)15(19)18(2)12-13-5-4-6-14(11-13)21-3/h4-6,11,20H,7-10,12H2,1-3H3. The maximum absolute atomic E-state index is 12.5. The molecule has 1 fully saturated rings. The summed E-state index contributed by atoms with van der Waals surface area (Å²) >= 11 is 1.69. The highest BCUT2D eigenvalue weighted by Gasteiger charge is 2.40. The normalized spacial score (nSPS) is 18.5. The molecule has 1 heterocycles. The molecule has 0 saturated carbocycles. The van der Waals surface area contributed by atoms with Crippen molar-refractivity contribution in [1.29, 1.82) is 0 Å². The smallest absolute Gasteiger partial charge is 0.254 e. The Morgan fingerprint density at radius 1 is 1.43 bits per heavy atom. The largest absolute Gasteiger partial charge is 0.380 e. The first-order valence-corrected chi connectivity index (χ1v) is 8.46. The minimum Gasteiger partial charge on any atom is -0.380 e. The average Bonchev–Trinajstić information content (AvgIpc) is 2.49. The highest BCUT2D eigenvalue weighted by Crippen LogP contribution is 2.24. The molecular weight excluding hydrogens is 284 g/mol. The quantitative estimate of drug-likeness (QED) is 0.862. The van der Waals surface area contributed by atoms with Crippen LogP contribution in [-0.4, -0.2) is 59.9 Å². The van der Waals surface area contributed by atoms with Gasteiger partial charge >= 0.3 is 0 Å². The maximum Gasteiger partial charge on any atom is 0.254 e. The van der Waals surface area contributed by atoms with Crippen molar-refractivity contribution in [1.82, 2.24) is 9.80 Å². The second-order valence-corrected chi connectivity index (χ2v) is 6.73. The van der Waals surface area contributed by atoms with E-state index in [4.69, 9.17) is 0 Å². The van der Waals surface area contributed by atoms with Crippen LogP contribution in [0, 0.1) is 0 Å². The van der Waals surface area contributed by atoms with E-state index in [2.05, 4.69) is 17.0 Å². The first-order chi connectivity index (χ1) is 9.94. The van der Waals surface area contributed by atoms with E-state index < -0.39 is 5.60 Å². The molecule has 2 rings (SSSR count). The number of carbonyl (C=O) groups excluding carboxylic acids is 1. The Morgan fingerprint density at radius 3 is 2.71 bits per heavy atom. The third kappa shape index (κ3) is 3.99. The van der Waals surface area contributed by atoms with Crippen LogP contribution in [0.1, 0.15) is 18.4 Å².